The van der Waals surface area contributed by atoms with Crippen LogP contribution in [0.3, 0.4) is 0 Å². The van der Waals surface area contributed by atoms with E-state index in [-0.39, 0.29) is 0 Å². The molecule has 2 heterocycles. The van der Waals surface area contributed by atoms with Gasteiger partial charge in [0.2, 0.25) is 0 Å². The van der Waals surface area contributed by atoms with Crippen molar-refractivity contribution in [2.24, 2.45) is 0 Å². The van der Waals surface area contributed by atoms with Gasteiger partial charge in [0.25, 0.3) is 0 Å². The highest BCUT2D eigenvalue weighted by molar-refractivity contribution is 5.56. The summed E-state index contributed by atoms with van der Waals surface area (Å²) in [4.78, 5) is 6.47. The molecule has 1 aromatic carbocycles. The van der Waals surface area contributed by atoms with Gasteiger partial charge >= 0.3 is 0 Å². The minimum Gasteiger partial charge on any atom is -0.378 e. The molecule has 20 heavy (non-hydrogen) atoms. The Balaban J connectivity index is 1.91. The Morgan fingerprint density at radius 3 is 2.80 bits per heavy atom. The third-order valence-corrected chi connectivity index (χ3v) is 3.68. The molecule has 0 spiro atoms. The van der Waals surface area contributed by atoms with Crippen LogP contribution >= 0.6 is 0 Å². The SMILES string of the molecule is Cc1ccc(Cn2ccnc2N)c(N2CCOCC2)c1. The Hall–Kier alpha value is -2.01. The quantitative estimate of drug-likeness (QED) is 0.923. The van der Waals surface area contributed by atoms with Crippen molar-refractivity contribution in [3.8, 4) is 0 Å². The third-order valence-electron chi connectivity index (χ3n) is 3.68. The number of nitrogens with two attached hydrogens (primary N) is 1. The van der Waals surface area contributed by atoms with Gasteiger partial charge < -0.3 is 19.9 Å². The van der Waals surface area contributed by atoms with Crippen LogP contribution in [0.1, 0.15) is 11.1 Å². The fourth-order valence-corrected chi connectivity index (χ4v) is 2.56. The molecular weight excluding hydrogens is 252 g/mol. The fraction of sp³-hybridized carbons (Fsp3) is 0.400. The largest absolute Gasteiger partial charge is 0.378 e. The van der Waals surface area contributed by atoms with E-state index in [0.29, 0.717) is 5.95 Å². The second-order valence-corrected chi connectivity index (χ2v) is 5.14. The smallest absolute Gasteiger partial charge is 0.200 e. The third kappa shape index (κ3) is 2.63. The van der Waals surface area contributed by atoms with Crippen molar-refractivity contribution < 1.29 is 4.74 Å². The molecular formula is C15H20N4O. The van der Waals surface area contributed by atoms with Crippen LogP contribution in [0.25, 0.3) is 0 Å². The summed E-state index contributed by atoms with van der Waals surface area (Å²) in [5.74, 6) is 0.554. The first-order valence-corrected chi connectivity index (χ1v) is 6.93. The van der Waals surface area contributed by atoms with Crippen molar-refractivity contribution in [3.63, 3.8) is 0 Å². The van der Waals surface area contributed by atoms with Gasteiger partial charge in [0, 0.05) is 31.2 Å². The molecule has 0 saturated carbocycles. The minimum absolute atomic E-state index is 0.554. The standard InChI is InChI=1S/C15H20N4O/c1-12-2-3-13(11-19-5-4-17-15(19)16)14(10-12)18-6-8-20-9-7-18/h2-5,10H,6-9,11H2,1H3,(H2,16,17). The molecule has 106 valence electrons. The zero-order chi connectivity index (χ0) is 13.9. The summed E-state index contributed by atoms with van der Waals surface area (Å²) < 4.78 is 7.41. The maximum atomic E-state index is 5.87. The first kappa shape index (κ1) is 13.0. The maximum absolute atomic E-state index is 5.87. The molecule has 0 bridgehead atoms. The van der Waals surface area contributed by atoms with Crippen LogP contribution in [0.5, 0.6) is 0 Å². The predicted octanol–water partition coefficient (Wildman–Crippen LogP) is 1.66. The van der Waals surface area contributed by atoms with E-state index in [0.717, 1.165) is 32.8 Å². The lowest BCUT2D eigenvalue weighted by Crippen LogP contribution is -2.37. The Bertz CT molecular complexity index is 587. The summed E-state index contributed by atoms with van der Waals surface area (Å²) in [5.41, 5.74) is 9.68. The van der Waals surface area contributed by atoms with Crippen LogP contribution < -0.4 is 10.6 Å². The summed E-state index contributed by atoms with van der Waals surface area (Å²) >= 11 is 0. The molecule has 1 aromatic heterocycles. The molecule has 2 N–H and O–H groups in total. The van der Waals surface area contributed by atoms with E-state index in [4.69, 9.17) is 10.5 Å². The van der Waals surface area contributed by atoms with Crippen LogP contribution in [0.4, 0.5) is 11.6 Å². The molecule has 5 heteroatoms. The van der Waals surface area contributed by atoms with Gasteiger partial charge in [-0.2, -0.15) is 0 Å². The number of hydrogen-bond acceptors (Lipinski definition) is 4. The molecule has 0 aliphatic carbocycles. The molecule has 2 aromatic rings. The number of hydrogen-bond donors (Lipinski definition) is 1. The van der Waals surface area contributed by atoms with E-state index in [2.05, 4.69) is 35.0 Å². The Labute approximate surface area is 119 Å². The monoisotopic (exact) mass is 272 g/mol. The lowest BCUT2D eigenvalue weighted by molar-refractivity contribution is 0.122. The molecule has 3 rings (SSSR count). The second-order valence-electron chi connectivity index (χ2n) is 5.14. The van der Waals surface area contributed by atoms with E-state index in [9.17, 15) is 0 Å². The highest BCUT2D eigenvalue weighted by Gasteiger charge is 2.15. The summed E-state index contributed by atoms with van der Waals surface area (Å²) in [7, 11) is 0. The number of ether oxygens (including phenoxy) is 1. The molecule has 1 saturated heterocycles. The van der Waals surface area contributed by atoms with Gasteiger partial charge in [-0.3, -0.25) is 0 Å². The van der Waals surface area contributed by atoms with Crippen molar-refractivity contribution in [1.29, 1.82) is 0 Å². The Morgan fingerprint density at radius 1 is 1.30 bits per heavy atom. The molecule has 1 aliphatic heterocycles. The molecule has 5 nitrogen and oxygen atoms in total. The van der Waals surface area contributed by atoms with Crippen molar-refractivity contribution in [2.45, 2.75) is 13.5 Å². The number of morpholine rings is 1. The Morgan fingerprint density at radius 2 is 2.10 bits per heavy atom. The summed E-state index contributed by atoms with van der Waals surface area (Å²) in [6.07, 6.45) is 3.65. The van der Waals surface area contributed by atoms with E-state index >= 15 is 0 Å². The van der Waals surface area contributed by atoms with E-state index in [1.165, 1.54) is 16.8 Å². The molecule has 1 aliphatic rings. The number of aromatic nitrogens is 2. The molecule has 0 unspecified atom stereocenters. The van der Waals surface area contributed by atoms with E-state index in [1.807, 2.05) is 10.8 Å². The number of imidazole rings is 1. The number of rotatable bonds is 3. The number of benzene rings is 1. The van der Waals surface area contributed by atoms with E-state index < -0.39 is 0 Å². The zero-order valence-electron chi connectivity index (χ0n) is 11.7. The molecule has 0 atom stereocenters. The normalized spacial score (nSPS) is 15.6. The molecule has 1 fully saturated rings. The summed E-state index contributed by atoms with van der Waals surface area (Å²) in [5, 5.41) is 0. The van der Waals surface area contributed by atoms with Gasteiger partial charge in [-0.15, -0.1) is 0 Å². The first-order chi connectivity index (χ1) is 9.74. The maximum Gasteiger partial charge on any atom is 0.200 e. The number of anilines is 2. The van der Waals surface area contributed by atoms with E-state index in [1.54, 1.807) is 6.20 Å². The fourth-order valence-electron chi connectivity index (χ4n) is 2.56. The highest BCUT2D eigenvalue weighted by atomic mass is 16.5. The van der Waals surface area contributed by atoms with Crippen molar-refractivity contribution in [1.82, 2.24) is 9.55 Å². The average molecular weight is 272 g/mol. The van der Waals surface area contributed by atoms with Crippen LogP contribution in [0, 0.1) is 6.92 Å². The second kappa shape index (κ2) is 5.54. The molecule has 0 amide bonds. The minimum atomic E-state index is 0.554. The van der Waals surface area contributed by atoms with Gasteiger partial charge in [0.05, 0.1) is 19.8 Å². The topological polar surface area (TPSA) is 56.3 Å². The zero-order valence-corrected chi connectivity index (χ0v) is 11.7. The summed E-state index contributed by atoms with van der Waals surface area (Å²) in [6, 6.07) is 6.57. The van der Waals surface area contributed by atoms with Gasteiger partial charge in [0.15, 0.2) is 5.95 Å². The number of aryl methyl sites for hydroxylation is 1. The van der Waals surface area contributed by atoms with Gasteiger partial charge in [0.1, 0.15) is 0 Å². The van der Waals surface area contributed by atoms with Crippen molar-refractivity contribution >= 4 is 11.6 Å². The average Bonchev–Trinajstić information content (AvgIpc) is 2.87. The van der Waals surface area contributed by atoms with Crippen LogP contribution in [0.15, 0.2) is 30.6 Å². The van der Waals surface area contributed by atoms with Gasteiger partial charge in [-0.1, -0.05) is 12.1 Å². The summed E-state index contributed by atoms with van der Waals surface area (Å²) in [6.45, 7) is 6.34. The van der Waals surface area contributed by atoms with Crippen LogP contribution in [-0.2, 0) is 11.3 Å². The van der Waals surface area contributed by atoms with Crippen LogP contribution in [0.2, 0.25) is 0 Å². The van der Waals surface area contributed by atoms with Crippen molar-refractivity contribution in [2.75, 3.05) is 36.9 Å². The van der Waals surface area contributed by atoms with Crippen molar-refractivity contribution in [3.05, 3.63) is 41.7 Å². The van der Waals surface area contributed by atoms with Gasteiger partial charge in [-0.05, 0) is 24.1 Å². The Kier molecular flexibility index (Phi) is 3.60. The number of nitrogens with zero attached hydrogens (tertiary/aromatic N) is 3. The van der Waals surface area contributed by atoms with Gasteiger partial charge in [-0.25, -0.2) is 4.98 Å². The van der Waals surface area contributed by atoms with Crippen LogP contribution in [-0.4, -0.2) is 35.9 Å². The first-order valence-electron chi connectivity index (χ1n) is 6.93. The lowest BCUT2D eigenvalue weighted by Gasteiger charge is -2.31. The highest BCUT2D eigenvalue weighted by Crippen LogP contribution is 2.24. The number of nitrogen functional groups attached to an aromatic ring is 1. The lowest BCUT2D eigenvalue weighted by atomic mass is 10.1. The predicted molar refractivity (Wildman–Crippen MR) is 80.0 cm³/mol. The molecule has 0 radical (unpaired) electrons.